The van der Waals surface area contributed by atoms with E-state index in [1.54, 1.807) is 37.5 Å². The van der Waals surface area contributed by atoms with Gasteiger partial charge in [0, 0.05) is 5.75 Å². The molecule has 0 bridgehead atoms. The zero-order valence-electron chi connectivity index (χ0n) is 17.0. The van der Waals surface area contributed by atoms with E-state index in [-0.39, 0.29) is 5.91 Å². The molecule has 0 saturated heterocycles. The van der Waals surface area contributed by atoms with Crippen LogP contribution in [0.4, 0.5) is 5.13 Å². The van der Waals surface area contributed by atoms with E-state index in [1.165, 1.54) is 34.9 Å². The Balaban J connectivity index is 1.45. The Morgan fingerprint density at radius 2 is 2.03 bits per heavy atom. The van der Waals surface area contributed by atoms with Crippen molar-refractivity contribution < 1.29 is 9.21 Å². The number of nitriles is 1. The van der Waals surface area contributed by atoms with Crippen molar-refractivity contribution in [3.05, 3.63) is 65.0 Å². The number of aryl methyl sites for hydroxylation is 1. The first-order chi connectivity index (χ1) is 15.6. The lowest BCUT2D eigenvalue weighted by Gasteiger charge is -2.10. The SMILES string of the molecule is CSc1nc(-c2ccco2)nc(C)c1C(=O)Nc1nnc(SCc2ccc(C#N)cc2)s1. The molecule has 0 unspecified atom stereocenters. The Morgan fingerprint density at radius 1 is 1.22 bits per heavy atom. The number of nitrogens with zero attached hydrogens (tertiary/aromatic N) is 5. The van der Waals surface area contributed by atoms with Gasteiger partial charge < -0.3 is 4.42 Å². The molecule has 11 heteroatoms. The number of amides is 1. The highest BCUT2D eigenvalue weighted by molar-refractivity contribution is 8.00. The van der Waals surface area contributed by atoms with Crippen molar-refractivity contribution >= 4 is 45.9 Å². The molecular formula is C21H16N6O2S3. The molecule has 3 aromatic heterocycles. The van der Waals surface area contributed by atoms with Crippen LogP contribution in [0, 0.1) is 18.3 Å². The van der Waals surface area contributed by atoms with E-state index < -0.39 is 0 Å². The third-order valence-corrected chi connectivity index (χ3v) is 7.02. The summed E-state index contributed by atoms with van der Waals surface area (Å²) in [6, 6.07) is 13.0. The van der Waals surface area contributed by atoms with E-state index in [2.05, 4.69) is 31.6 Å². The van der Waals surface area contributed by atoms with Crippen LogP contribution in [0.3, 0.4) is 0 Å². The zero-order valence-corrected chi connectivity index (χ0v) is 19.5. The molecule has 4 aromatic rings. The number of carbonyl (C=O) groups excluding carboxylic acids is 1. The van der Waals surface area contributed by atoms with Crippen molar-refractivity contribution in [1.82, 2.24) is 20.2 Å². The monoisotopic (exact) mass is 480 g/mol. The third-order valence-electron chi connectivity index (χ3n) is 4.29. The lowest BCUT2D eigenvalue weighted by Crippen LogP contribution is -2.16. The van der Waals surface area contributed by atoms with Gasteiger partial charge in [0.2, 0.25) is 5.13 Å². The van der Waals surface area contributed by atoms with Crippen LogP contribution in [-0.2, 0) is 5.75 Å². The number of hydrogen-bond acceptors (Lipinski definition) is 10. The molecule has 0 aliphatic carbocycles. The molecule has 0 aliphatic rings. The average molecular weight is 481 g/mol. The van der Waals surface area contributed by atoms with Gasteiger partial charge >= 0.3 is 0 Å². The largest absolute Gasteiger partial charge is 0.461 e. The summed E-state index contributed by atoms with van der Waals surface area (Å²) in [4.78, 5) is 21.8. The van der Waals surface area contributed by atoms with Gasteiger partial charge in [0.05, 0.1) is 29.2 Å². The molecule has 1 aromatic carbocycles. The highest BCUT2D eigenvalue weighted by Crippen LogP contribution is 2.30. The zero-order chi connectivity index (χ0) is 22.5. The second-order valence-corrected chi connectivity index (χ2v) is 9.41. The second kappa shape index (κ2) is 9.95. The van der Waals surface area contributed by atoms with Gasteiger partial charge in [-0.15, -0.1) is 22.0 Å². The lowest BCUT2D eigenvalue weighted by atomic mass is 10.2. The minimum Gasteiger partial charge on any atom is -0.461 e. The van der Waals surface area contributed by atoms with E-state index in [0.29, 0.717) is 44.3 Å². The smallest absolute Gasteiger partial charge is 0.262 e. The molecular weight excluding hydrogens is 464 g/mol. The summed E-state index contributed by atoms with van der Waals surface area (Å²) in [7, 11) is 0. The summed E-state index contributed by atoms with van der Waals surface area (Å²) < 4.78 is 6.10. The molecule has 0 fully saturated rings. The number of hydrogen-bond donors (Lipinski definition) is 1. The molecule has 1 amide bonds. The predicted octanol–water partition coefficient (Wildman–Crippen LogP) is 5.03. The molecule has 3 heterocycles. The van der Waals surface area contributed by atoms with Gasteiger partial charge in [0.1, 0.15) is 5.03 Å². The summed E-state index contributed by atoms with van der Waals surface area (Å²) in [5.74, 6) is 1.33. The Bertz CT molecular complexity index is 1280. The van der Waals surface area contributed by atoms with Crippen LogP contribution in [0.15, 0.2) is 56.4 Å². The van der Waals surface area contributed by atoms with Gasteiger partial charge in [-0.1, -0.05) is 35.2 Å². The Hall–Kier alpha value is -3.20. The van der Waals surface area contributed by atoms with Crippen LogP contribution >= 0.6 is 34.9 Å². The van der Waals surface area contributed by atoms with Crippen molar-refractivity contribution in [2.75, 3.05) is 11.6 Å². The van der Waals surface area contributed by atoms with Gasteiger partial charge in [-0.05, 0) is 43.0 Å². The lowest BCUT2D eigenvalue weighted by molar-refractivity contribution is 0.102. The molecule has 8 nitrogen and oxygen atoms in total. The topological polar surface area (TPSA) is 118 Å². The molecule has 32 heavy (non-hydrogen) atoms. The van der Waals surface area contributed by atoms with Crippen LogP contribution in [0.1, 0.15) is 27.2 Å². The van der Waals surface area contributed by atoms with Crippen LogP contribution in [-0.4, -0.2) is 32.3 Å². The standard InChI is InChI=1S/C21H16N6O2S3/c1-12-16(19(30-2)24-17(23-12)15-4-3-9-29-15)18(28)25-20-26-27-21(32-20)31-11-14-7-5-13(10-22)6-8-14/h3-9H,11H2,1-2H3,(H,25,26,28). The van der Waals surface area contributed by atoms with E-state index in [9.17, 15) is 4.79 Å². The fourth-order valence-corrected chi connectivity index (χ4v) is 5.10. The van der Waals surface area contributed by atoms with Crippen molar-refractivity contribution in [3.8, 4) is 17.7 Å². The summed E-state index contributed by atoms with van der Waals surface area (Å²) in [5, 5.41) is 20.9. The van der Waals surface area contributed by atoms with Gasteiger partial charge in [-0.25, -0.2) is 9.97 Å². The van der Waals surface area contributed by atoms with Crippen LogP contribution in [0.25, 0.3) is 11.6 Å². The predicted molar refractivity (Wildman–Crippen MR) is 125 cm³/mol. The highest BCUT2D eigenvalue weighted by atomic mass is 32.2. The maximum Gasteiger partial charge on any atom is 0.262 e. The molecule has 160 valence electrons. The summed E-state index contributed by atoms with van der Waals surface area (Å²) in [5.41, 5.74) is 2.65. The van der Waals surface area contributed by atoms with Gasteiger partial charge in [0.15, 0.2) is 15.9 Å². The summed E-state index contributed by atoms with van der Waals surface area (Å²) >= 11 is 4.17. The normalized spacial score (nSPS) is 10.7. The molecule has 1 N–H and O–H groups in total. The maximum atomic E-state index is 12.9. The number of thioether (sulfide) groups is 2. The van der Waals surface area contributed by atoms with Crippen LogP contribution in [0.2, 0.25) is 0 Å². The third kappa shape index (κ3) is 4.99. The highest BCUT2D eigenvalue weighted by Gasteiger charge is 2.21. The second-order valence-electron chi connectivity index (χ2n) is 6.42. The van der Waals surface area contributed by atoms with E-state index in [0.717, 1.165) is 9.90 Å². The first-order valence-electron chi connectivity index (χ1n) is 9.30. The van der Waals surface area contributed by atoms with Crippen molar-refractivity contribution in [1.29, 1.82) is 5.26 Å². The Morgan fingerprint density at radius 3 is 2.72 bits per heavy atom. The van der Waals surface area contributed by atoms with E-state index in [1.807, 2.05) is 18.4 Å². The molecule has 0 atom stereocenters. The first kappa shape index (κ1) is 22.0. The van der Waals surface area contributed by atoms with Crippen molar-refractivity contribution in [3.63, 3.8) is 0 Å². The fourth-order valence-electron chi connectivity index (χ4n) is 2.77. The quantitative estimate of drug-likeness (QED) is 0.221. The van der Waals surface area contributed by atoms with Gasteiger partial charge in [0.25, 0.3) is 5.91 Å². The van der Waals surface area contributed by atoms with Crippen molar-refractivity contribution in [2.24, 2.45) is 0 Å². The molecule has 0 saturated carbocycles. The van der Waals surface area contributed by atoms with E-state index >= 15 is 0 Å². The van der Waals surface area contributed by atoms with E-state index in [4.69, 9.17) is 9.68 Å². The van der Waals surface area contributed by atoms with Crippen LogP contribution < -0.4 is 5.32 Å². The summed E-state index contributed by atoms with van der Waals surface area (Å²) in [6.07, 6.45) is 3.41. The summed E-state index contributed by atoms with van der Waals surface area (Å²) in [6.45, 7) is 1.77. The van der Waals surface area contributed by atoms with Crippen LogP contribution in [0.5, 0.6) is 0 Å². The fraction of sp³-hybridized carbons (Fsp3) is 0.143. The molecule has 0 aliphatic heterocycles. The number of rotatable bonds is 7. The minimum atomic E-state index is -0.336. The number of anilines is 1. The molecule has 4 rings (SSSR count). The average Bonchev–Trinajstić information content (AvgIpc) is 3.50. The molecule has 0 spiro atoms. The number of carbonyl (C=O) groups is 1. The Kier molecular flexibility index (Phi) is 6.84. The minimum absolute atomic E-state index is 0.336. The van der Waals surface area contributed by atoms with Crippen molar-refractivity contribution in [2.45, 2.75) is 22.0 Å². The Labute approximate surface area is 196 Å². The number of furan rings is 1. The number of benzene rings is 1. The van der Waals surface area contributed by atoms with Gasteiger partial charge in [-0.3, -0.25) is 10.1 Å². The number of nitrogens with one attached hydrogen (secondary N) is 1. The van der Waals surface area contributed by atoms with Gasteiger partial charge in [-0.2, -0.15) is 5.26 Å². The number of aromatic nitrogens is 4. The first-order valence-corrected chi connectivity index (χ1v) is 12.3. The maximum absolute atomic E-state index is 12.9. The molecule has 0 radical (unpaired) electrons.